The van der Waals surface area contributed by atoms with Gasteiger partial charge in [0.15, 0.2) is 11.4 Å². The van der Waals surface area contributed by atoms with Crippen molar-refractivity contribution < 1.29 is 10.0 Å². The van der Waals surface area contributed by atoms with Gasteiger partial charge in [0, 0.05) is 30.6 Å². The van der Waals surface area contributed by atoms with Crippen LogP contribution in [0.5, 0.6) is 0 Å². The summed E-state index contributed by atoms with van der Waals surface area (Å²) in [6, 6.07) is 10.9. The molecule has 1 N–H and O–H groups in total. The number of aromatic nitrogens is 2. The van der Waals surface area contributed by atoms with Crippen LogP contribution >= 0.6 is 0 Å². The van der Waals surface area contributed by atoms with Crippen molar-refractivity contribution in [3.05, 3.63) is 66.1 Å². The zero-order chi connectivity index (χ0) is 14.4. The van der Waals surface area contributed by atoms with Crippen molar-refractivity contribution in [2.45, 2.75) is 12.5 Å². The molecule has 2 aromatic heterocycles. The van der Waals surface area contributed by atoms with Gasteiger partial charge in [-0.2, -0.15) is 0 Å². The zero-order valence-electron chi connectivity index (χ0n) is 11.2. The minimum atomic E-state index is -0.380. The van der Waals surface area contributed by atoms with Crippen molar-refractivity contribution in [1.82, 2.24) is 9.38 Å². The molecule has 1 aliphatic heterocycles. The van der Waals surface area contributed by atoms with E-state index >= 15 is 0 Å². The maximum atomic E-state index is 12.4. The Morgan fingerprint density at radius 2 is 1.95 bits per heavy atom. The third-order valence-electron chi connectivity index (χ3n) is 3.93. The molecule has 1 aromatic carbocycles. The van der Waals surface area contributed by atoms with Crippen LogP contribution in [0.3, 0.4) is 0 Å². The van der Waals surface area contributed by atoms with E-state index in [2.05, 4.69) is 4.98 Å². The first-order valence-electron chi connectivity index (χ1n) is 6.77. The number of carbonyl (C=O) groups is 1. The minimum absolute atomic E-state index is 0.0228. The average Bonchev–Trinajstić information content (AvgIpc) is 2.99. The molecule has 0 spiro atoms. The lowest BCUT2D eigenvalue weighted by Crippen LogP contribution is -2.33. The molecular formula is C16H13N3O2. The maximum absolute atomic E-state index is 12.4. The molecule has 3 heterocycles. The number of Topliss-reactive ketones (excluding diaryl/α,β-unsaturated/α-hetero) is 1. The molecule has 0 bridgehead atoms. The van der Waals surface area contributed by atoms with Gasteiger partial charge in [-0.05, 0) is 11.6 Å². The summed E-state index contributed by atoms with van der Waals surface area (Å²) in [6.07, 6.45) is 5.49. The fourth-order valence-electron chi connectivity index (χ4n) is 2.88. The minimum Gasteiger partial charge on any atom is -0.305 e. The Labute approximate surface area is 121 Å². The quantitative estimate of drug-likeness (QED) is 0.744. The third kappa shape index (κ3) is 1.75. The summed E-state index contributed by atoms with van der Waals surface area (Å²) in [7, 11) is 0. The highest BCUT2D eigenvalue weighted by Crippen LogP contribution is 2.38. The number of benzene rings is 1. The first-order chi connectivity index (χ1) is 10.3. The molecule has 0 saturated heterocycles. The summed E-state index contributed by atoms with van der Waals surface area (Å²) in [5, 5.41) is 11.8. The van der Waals surface area contributed by atoms with Gasteiger partial charge >= 0.3 is 0 Å². The molecule has 0 radical (unpaired) electrons. The van der Waals surface area contributed by atoms with Crippen molar-refractivity contribution in [2.24, 2.45) is 0 Å². The van der Waals surface area contributed by atoms with Gasteiger partial charge in [0.1, 0.15) is 5.69 Å². The standard InChI is InChI=1S/C16H13N3O2/c20-14-10-13(11-4-2-1-3-5-11)19(21)15-12(14)6-8-18-9-7-17-16(15)18/h1-9,13,21H,10H2. The second-order valence-corrected chi connectivity index (χ2v) is 5.13. The second-order valence-electron chi connectivity index (χ2n) is 5.13. The summed E-state index contributed by atoms with van der Waals surface area (Å²) < 4.78 is 1.79. The lowest BCUT2D eigenvalue weighted by Gasteiger charge is -2.33. The lowest BCUT2D eigenvalue weighted by atomic mass is 9.92. The number of carbonyl (C=O) groups excluding carboxylic acids is 1. The van der Waals surface area contributed by atoms with Crippen molar-refractivity contribution in [3.8, 4) is 0 Å². The van der Waals surface area contributed by atoms with Crippen LogP contribution in [-0.4, -0.2) is 20.4 Å². The van der Waals surface area contributed by atoms with Crippen molar-refractivity contribution in [3.63, 3.8) is 0 Å². The first-order valence-corrected chi connectivity index (χ1v) is 6.77. The average molecular weight is 279 g/mol. The van der Waals surface area contributed by atoms with Crippen molar-refractivity contribution in [1.29, 1.82) is 0 Å². The smallest absolute Gasteiger partial charge is 0.167 e. The predicted molar refractivity (Wildman–Crippen MR) is 77.6 cm³/mol. The van der Waals surface area contributed by atoms with Gasteiger partial charge in [0.05, 0.1) is 6.04 Å². The highest BCUT2D eigenvalue weighted by Gasteiger charge is 2.33. The molecule has 5 heteroatoms. The number of hydrogen-bond donors (Lipinski definition) is 1. The summed E-state index contributed by atoms with van der Waals surface area (Å²) in [5.41, 5.74) is 2.49. The van der Waals surface area contributed by atoms with E-state index in [9.17, 15) is 10.0 Å². The van der Waals surface area contributed by atoms with Crippen molar-refractivity contribution >= 4 is 17.1 Å². The van der Waals surface area contributed by atoms with E-state index in [0.717, 1.165) is 5.56 Å². The Morgan fingerprint density at radius 3 is 2.76 bits per heavy atom. The van der Waals surface area contributed by atoms with Crippen LogP contribution in [0.2, 0.25) is 0 Å². The van der Waals surface area contributed by atoms with E-state index in [4.69, 9.17) is 0 Å². The molecule has 4 rings (SSSR count). The SMILES string of the molecule is O=C1CC(c2ccccc2)N(O)c2c1ccn1ccnc21. The molecule has 21 heavy (non-hydrogen) atoms. The van der Waals surface area contributed by atoms with Crippen LogP contribution in [0.25, 0.3) is 5.65 Å². The fraction of sp³-hybridized carbons (Fsp3) is 0.125. The van der Waals surface area contributed by atoms with E-state index in [-0.39, 0.29) is 18.2 Å². The Hall–Kier alpha value is -2.66. The largest absolute Gasteiger partial charge is 0.305 e. The maximum Gasteiger partial charge on any atom is 0.167 e. The predicted octanol–water partition coefficient (Wildman–Crippen LogP) is 2.86. The van der Waals surface area contributed by atoms with Gasteiger partial charge in [-0.25, -0.2) is 10.0 Å². The number of anilines is 1. The number of pyridine rings is 1. The molecule has 0 aliphatic carbocycles. The van der Waals surface area contributed by atoms with Crippen molar-refractivity contribution in [2.75, 3.05) is 5.06 Å². The molecule has 0 amide bonds. The van der Waals surface area contributed by atoms with E-state index in [1.165, 1.54) is 5.06 Å². The van der Waals surface area contributed by atoms with E-state index in [0.29, 0.717) is 16.9 Å². The van der Waals surface area contributed by atoms with E-state index in [1.54, 1.807) is 29.1 Å². The number of ketones is 1. The monoisotopic (exact) mass is 279 g/mol. The second kappa shape index (κ2) is 4.43. The molecular weight excluding hydrogens is 266 g/mol. The Bertz CT molecular complexity index is 826. The highest BCUT2D eigenvalue weighted by molar-refractivity contribution is 6.06. The summed E-state index contributed by atoms with van der Waals surface area (Å²) in [5.74, 6) is 0.0228. The van der Waals surface area contributed by atoms with Crippen LogP contribution < -0.4 is 5.06 Å². The highest BCUT2D eigenvalue weighted by atomic mass is 16.5. The number of nitrogens with zero attached hydrogens (tertiary/aromatic N) is 3. The summed E-state index contributed by atoms with van der Waals surface area (Å²) in [4.78, 5) is 16.7. The molecule has 0 fully saturated rings. The lowest BCUT2D eigenvalue weighted by molar-refractivity contribution is 0.0927. The topological polar surface area (TPSA) is 57.8 Å². The Kier molecular flexibility index (Phi) is 2.55. The number of hydrogen-bond acceptors (Lipinski definition) is 4. The van der Waals surface area contributed by atoms with Gasteiger partial charge in [-0.15, -0.1) is 0 Å². The van der Waals surface area contributed by atoms with Gasteiger partial charge < -0.3 is 4.40 Å². The summed E-state index contributed by atoms with van der Waals surface area (Å²) in [6.45, 7) is 0. The molecule has 104 valence electrons. The van der Waals surface area contributed by atoms with Gasteiger partial charge in [0.2, 0.25) is 0 Å². The van der Waals surface area contributed by atoms with E-state index in [1.807, 2.05) is 30.3 Å². The molecule has 5 nitrogen and oxygen atoms in total. The van der Waals surface area contributed by atoms with Crippen LogP contribution in [-0.2, 0) is 0 Å². The van der Waals surface area contributed by atoms with Gasteiger partial charge in [-0.1, -0.05) is 30.3 Å². The molecule has 1 aliphatic rings. The molecule has 1 unspecified atom stereocenters. The third-order valence-corrected chi connectivity index (χ3v) is 3.93. The number of rotatable bonds is 1. The van der Waals surface area contributed by atoms with Gasteiger partial charge in [-0.3, -0.25) is 10.0 Å². The molecule has 0 saturated carbocycles. The van der Waals surface area contributed by atoms with Gasteiger partial charge in [0.25, 0.3) is 0 Å². The Morgan fingerprint density at radius 1 is 1.14 bits per heavy atom. The van der Waals surface area contributed by atoms with Crippen LogP contribution in [0.1, 0.15) is 28.4 Å². The number of imidazole rings is 1. The van der Waals surface area contributed by atoms with Crippen LogP contribution in [0, 0.1) is 0 Å². The van der Waals surface area contributed by atoms with Crippen LogP contribution in [0.15, 0.2) is 55.0 Å². The Balaban J connectivity index is 1.91. The zero-order valence-corrected chi connectivity index (χ0v) is 11.2. The normalized spacial score (nSPS) is 18.0. The van der Waals surface area contributed by atoms with E-state index < -0.39 is 0 Å². The summed E-state index contributed by atoms with van der Waals surface area (Å²) >= 11 is 0. The molecule has 3 aromatic rings. The number of hydroxylamine groups is 1. The van der Waals surface area contributed by atoms with Crippen LogP contribution in [0.4, 0.5) is 5.69 Å². The first kappa shape index (κ1) is 12.1. The fourth-order valence-corrected chi connectivity index (χ4v) is 2.88. The number of fused-ring (bicyclic) bond motifs is 3. The molecule has 1 atom stereocenters.